The summed E-state index contributed by atoms with van der Waals surface area (Å²) in [4.78, 5) is 33.0. The van der Waals surface area contributed by atoms with Crippen molar-refractivity contribution in [3.05, 3.63) is 77.5 Å². The van der Waals surface area contributed by atoms with Crippen LogP contribution in [0.15, 0.2) is 71.4 Å². The van der Waals surface area contributed by atoms with Crippen LogP contribution in [0.3, 0.4) is 0 Å². The third-order valence-corrected chi connectivity index (χ3v) is 5.56. The van der Waals surface area contributed by atoms with Crippen LogP contribution in [0.2, 0.25) is 0 Å². The van der Waals surface area contributed by atoms with Crippen LogP contribution < -0.4 is 19.5 Å². The van der Waals surface area contributed by atoms with E-state index in [1.165, 1.54) is 4.90 Å². The summed E-state index contributed by atoms with van der Waals surface area (Å²) >= 11 is 0. The van der Waals surface area contributed by atoms with E-state index in [1.54, 1.807) is 76.1 Å². The fourth-order valence-electron chi connectivity index (χ4n) is 3.83. The van der Waals surface area contributed by atoms with Crippen LogP contribution in [0, 0.1) is 0 Å². The number of nitrogens with zero attached hydrogens (tertiary/aromatic N) is 2. The highest BCUT2D eigenvalue weighted by Gasteiger charge is 2.49. The molecule has 0 radical (unpaired) electrons. The molecule has 0 saturated heterocycles. The fraction of sp³-hybridized carbons (Fsp3) is 0.240. The van der Waals surface area contributed by atoms with Gasteiger partial charge in [-0.2, -0.15) is 0 Å². The molecule has 1 atom stereocenters. The summed E-state index contributed by atoms with van der Waals surface area (Å²) in [6.07, 6.45) is 5.42. The molecule has 0 bridgehead atoms. The van der Waals surface area contributed by atoms with Crippen LogP contribution in [0.25, 0.3) is 0 Å². The number of allylic oxidation sites excluding steroid dienone is 2. The summed E-state index contributed by atoms with van der Waals surface area (Å²) in [6.45, 7) is 1.89. The molecule has 2 aromatic carbocycles. The number of carbonyl (C=O) groups excluding carboxylic acids is 2. The highest BCUT2D eigenvalue weighted by molar-refractivity contribution is 6.15. The van der Waals surface area contributed by atoms with Crippen LogP contribution in [0.1, 0.15) is 22.8 Å². The molecule has 33 heavy (non-hydrogen) atoms. The van der Waals surface area contributed by atoms with Crippen LogP contribution in [-0.2, 0) is 11.2 Å². The minimum Gasteiger partial charge on any atom is -0.497 e. The standard InChI is InChI=1S/C25H25N3O5/c1-16-5-12-22-26-25(24(30)28(22)15-16,14-18-13-20(32-3)10-11-21(18)33-4)27-23(29)17-6-8-19(31-2)9-7-17/h5-13,15H,14H2,1-4H3,(H,27,29)/t25-/m0/s1. The van der Waals surface area contributed by atoms with E-state index in [2.05, 4.69) is 5.32 Å². The molecule has 0 aromatic heterocycles. The van der Waals surface area contributed by atoms with Crippen molar-refractivity contribution >= 4 is 17.6 Å². The molecule has 8 nitrogen and oxygen atoms in total. The molecule has 170 valence electrons. The number of fused-ring (bicyclic) bond motifs is 1. The molecule has 0 unspecified atom stereocenters. The second-order valence-corrected chi connectivity index (χ2v) is 7.75. The van der Waals surface area contributed by atoms with Gasteiger partial charge in [0.1, 0.15) is 23.1 Å². The Morgan fingerprint density at radius 2 is 1.70 bits per heavy atom. The molecule has 2 heterocycles. The van der Waals surface area contributed by atoms with Gasteiger partial charge in [0.05, 0.1) is 21.3 Å². The number of amides is 2. The van der Waals surface area contributed by atoms with Crippen molar-refractivity contribution in [3.8, 4) is 17.2 Å². The van der Waals surface area contributed by atoms with Gasteiger partial charge in [-0.1, -0.05) is 6.08 Å². The first-order valence-corrected chi connectivity index (χ1v) is 10.4. The number of carbonyl (C=O) groups is 2. The van der Waals surface area contributed by atoms with Gasteiger partial charge in [0.2, 0.25) is 5.66 Å². The van der Waals surface area contributed by atoms with E-state index in [4.69, 9.17) is 19.2 Å². The summed E-state index contributed by atoms with van der Waals surface area (Å²) in [7, 11) is 4.67. The Morgan fingerprint density at radius 3 is 2.36 bits per heavy atom. The Balaban J connectivity index is 1.75. The van der Waals surface area contributed by atoms with Crippen molar-refractivity contribution in [3.63, 3.8) is 0 Å². The molecular weight excluding hydrogens is 422 g/mol. The van der Waals surface area contributed by atoms with Gasteiger partial charge in [-0.3, -0.25) is 14.5 Å². The molecule has 4 rings (SSSR count). The lowest BCUT2D eigenvalue weighted by Gasteiger charge is -2.27. The molecule has 2 aromatic rings. The Bertz CT molecular complexity index is 1180. The fourth-order valence-corrected chi connectivity index (χ4v) is 3.83. The number of hydrogen-bond donors (Lipinski definition) is 1. The molecule has 0 fully saturated rings. The summed E-state index contributed by atoms with van der Waals surface area (Å²) in [5.74, 6) is 1.47. The Morgan fingerprint density at radius 1 is 1.00 bits per heavy atom. The SMILES string of the molecule is COc1ccc(C(=O)N[C@]2(Cc3cc(OC)ccc3OC)N=C3C=CC(C)=CN3C2=O)cc1. The van der Waals surface area contributed by atoms with Crippen LogP contribution in [-0.4, -0.2) is 49.5 Å². The van der Waals surface area contributed by atoms with Crippen molar-refractivity contribution in [2.75, 3.05) is 21.3 Å². The molecule has 2 amide bonds. The monoisotopic (exact) mass is 447 g/mol. The Kier molecular flexibility index (Phi) is 5.91. The lowest BCUT2D eigenvalue weighted by atomic mass is 9.97. The number of methoxy groups -OCH3 is 3. The molecule has 0 spiro atoms. The van der Waals surface area contributed by atoms with E-state index in [-0.39, 0.29) is 12.3 Å². The van der Waals surface area contributed by atoms with E-state index >= 15 is 0 Å². The van der Waals surface area contributed by atoms with E-state index in [9.17, 15) is 9.59 Å². The Hall–Kier alpha value is -4.07. The van der Waals surface area contributed by atoms with Gasteiger partial charge < -0.3 is 19.5 Å². The minimum atomic E-state index is -1.56. The highest BCUT2D eigenvalue weighted by atomic mass is 16.5. The first-order valence-electron chi connectivity index (χ1n) is 10.4. The van der Waals surface area contributed by atoms with E-state index < -0.39 is 11.6 Å². The topological polar surface area (TPSA) is 89.5 Å². The zero-order valence-electron chi connectivity index (χ0n) is 18.9. The molecule has 2 aliphatic heterocycles. The molecule has 0 saturated carbocycles. The number of rotatable bonds is 7. The maximum Gasteiger partial charge on any atom is 0.281 e. The maximum atomic E-state index is 13.7. The highest BCUT2D eigenvalue weighted by Crippen LogP contribution is 2.33. The number of ether oxygens (including phenoxy) is 3. The van der Waals surface area contributed by atoms with Gasteiger partial charge in [0, 0.05) is 23.7 Å². The van der Waals surface area contributed by atoms with Gasteiger partial charge in [-0.05, 0) is 61.0 Å². The second kappa shape index (κ2) is 8.82. The van der Waals surface area contributed by atoms with E-state index in [0.29, 0.717) is 34.2 Å². The quantitative estimate of drug-likeness (QED) is 0.705. The van der Waals surface area contributed by atoms with E-state index in [0.717, 1.165) is 5.57 Å². The number of aliphatic imine (C=N–C) groups is 1. The van der Waals surface area contributed by atoms with Gasteiger partial charge in [-0.15, -0.1) is 0 Å². The first-order chi connectivity index (χ1) is 15.9. The largest absolute Gasteiger partial charge is 0.497 e. The van der Waals surface area contributed by atoms with Gasteiger partial charge in [0.15, 0.2) is 0 Å². The lowest BCUT2D eigenvalue weighted by molar-refractivity contribution is -0.130. The predicted molar refractivity (Wildman–Crippen MR) is 124 cm³/mol. The second-order valence-electron chi connectivity index (χ2n) is 7.75. The molecule has 8 heteroatoms. The van der Waals surface area contributed by atoms with E-state index in [1.807, 2.05) is 13.0 Å². The Labute approximate surface area is 192 Å². The normalized spacial score (nSPS) is 18.9. The van der Waals surface area contributed by atoms with Crippen molar-refractivity contribution in [2.24, 2.45) is 4.99 Å². The summed E-state index contributed by atoms with van der Waals surface area (Å²) in [5.41, 5.74) is 0.401. The van der Waals surface area contributed by atoms with Crippen LogP contribution in [0.4, 0.5) is 0 Å². The average molecular weight is 447 g/mol. The van der Waals surface area contributed by atoms with Gasteiger partial charge >= 0.3 is 0 Å². The van der Waals surface area contributed by atoms with Crippen molar-refractivity contribution in [1.82, 2.24) is 10.2 Å². The number of benzene rings is 2. The summed E-state index contributed by atoms with van der Waals surface area (Å²) in [6, 6.07) is 12.0. The van der Waals surface area contributed by atoms with Crippen molar-refractivity contribution < 1.29 is 23.8 Å². The summed E-state index contributed by atoms with van der Waals surface area (Å²) < 4.78 is 16.0. The molecule has 1 N–H and O–H groups in total. The molecule has 2 aliphatic rings. The summed E-state index contributed by atoms with van der Waals surface area (Å²) in [5, 5.41) is 2.89. The molecular formula is C25H25N3O5. The van der Waals surface area contributed by atoms with Crippen LogP contribution >= 0.6 is 0 Å². The average Bonchev–Trinajstić information content (AvgIpc) is 3.09. The smallest absolute Gasteiger partial charge is 0.281 e. The number of hydrogen-bond acceptors (Lipinski definition) is 6. The lowest BCUT2D eigenvalue weighted by Crippen LogP contribution is -2.55. The minimum absolute atomic E-state index is 0.0782. The van der Waals surface area contributed by atoms with Crippen molar-refractivity contribution in [1.29, 1.82) is 0 Å². The first kappa shape index (κ1) is 22.1. The maximum absolute atomic E-state index is 13.7. The molecule has 0 aliphatic carbocycles. The third-order valence-electron chi connectivity index (χ3n) is 5.56. The van der Waals surface area contributed by atoms with Crippen molar-refractivity contribution in [2.45, 2.75) is 19.0 Å². The number of nitrogens with one attached hydrogen (secondary N) is 1. The predicted octanol–water partition coefficient (Wildman–Crippen LogP) is 3.10. The van der Waals surface area contributed by atoms with Crippen LogP contribution in [0.5, 0.6) is 17.2 Å². The zero-order valence-corrected chi connectivity index (χ0v) is 18.9. The van der Waals surface area contributed by atoms with Gasteiger partial charge in [0.25, 0.3) is 11.8 Å². The van der Waals surface area contributed by atoms with Gasteiger partial charge in [-0.25, -0.2) is 4.99 Å². The number of amidine groups is 1. The zero-order chi connectivity index (χ0) is 23.6. The third kappa shape index (κ3) is 4.19.